The average molecular weight is 444 g/mol. The molecule has 1 fully saturated rings. The molecule has 0 spiro atoms. The van der Waals surface area contributed by atoms with E-state index < -0.39 is 0 Å². The fourth-order valence-electron chi connectivity index (χ4n) is 4.71. The summed E-state index contributed by atoms with van der Waals surface area (Å²) < 4.78 is 9.72. The first-order valence-electron chi connectivity index (χ1n) is 11.4. The zero-order chi connectivity index (χ0) is 22.9. The van der Waals surface area contributed by atoms with Gasteiger partial charge in [0.25, 0.3) is 5.91 Å². The van der Waals surface area contributed by atoms with Crippen LogP contribution in [0.2, 0.25) is 0 Å². The monoisotopic (exact) mass is 443 g/mol. The fraction of sp³-hybridized carbons (Fsp3) is 0.346. The highest BCUT2D eigenvalue weighted by molar-refractivity contribution is 5.92. The molecule has 3 heterocycles. The first-order valence-corrected chi connectivity index (χ1v) is 11.4. The number of aryl methyl sites for hydroxylation is 3. The Kier molecular flexibility index (Phi) is 5.62. The number of hydrogen-bond acceptors (Lipinski definition) is 4. The zero-order valence-electron chi connectivity index (χ0n) is 19.4. The summed E-state index contributed by atoms with van der Waals surface area (Å²) in [5.74, 6) is 2.05. The molecule has 1 amide bonds. The van der Waals surface area contributed by atoms with Gasteiger partial charge in [-0.15, -0.1) is 0 Å². The number of para-hydroxylation sites is 2. The number of piperidine rings is 1. The molecule has 1 aliphatic heterocycles. The molecule has 0 radical (unpaired) electrons. The Morgan fingerprint density at radius 2 is 2.00 bits per heavy atom. The van der Waals surface area contributed by atoms with Gasteiger partial charge in [-0.1, -0.05) is 29.8 Å². The van der Waals surface area contributed by atoms with Gasteiger partial charge in [-0.25, -0.2) is 9.67 Å². The van der Waals surface area contributed by atoms with E-state index >= 15 is 0 Å². The lowest BCUT2D eigenvalue weighted by atomic mass is 9.97. The van der Waals surface area contributed by atoms with Gasteiger partial charge in [0.05, 0.1) is 11.0 Å². The lowest BCUT2D eigenvalue weighted by molar-refractivity contribution is 0.0695. The third kappa shape index (κ3) is 4.23. The molecule has 5 rings (SSSR count). The molecule has 2 aromatic carbocycles. The summed E-state index contributed by atoms with van der Waals surface area (Å²) in [6, 6.07) is 16.0. The number of imidazole rings is 1. The molecule has 1 saturated heterocycles. The summed E-state index contributed by atoms with van der Waals surface area (Å²) in [6.45, 7) is 5.74. The minimum absolute atomic E-state index is 0.0382. The largest absolute Gasteiger partial charge is 0.471 e. The number of carbonyl (C=O) groups is 1. The lowest BCUT2D eigenvalue weighted by Gasteiger charge is -2.32. The number of fused-ring (bicyclic) bond motifs is 1. The molecule has 1 aliphatic rings. The van der Waals surface area contributed by atoms with Crippen molar-refractivity contribution in [2.75, 3.05) is 13.1 Å². The van der Waals surface area contributed by atoms with Gasteiger partial charge < -0.3 is 14.2 Å². The summed E-state index contributed by atoms with van der Waals surface area (Å²) in [5, 5.41) is 4.48. The van der Waals surface area contributed by atoms with Gasteiger partial charge in [0, 0.05) is 32.3 Å². The van der Waals surface area contributed by atoms with Crippen LogP contribution in [-0.2, 0) is 13.8 Å². The zero-order valence-corrected chi connectivity index (χ0v) is 19.4. The molecule has 0 aliphatic carbocycles. The molecule has 7 nitrogen and oxygen atoms in total. The number of hydrogen-bond donors (Lipinski definition) is 0. The third-order valence-electron chi connectivity index (χ3n) is 6.44. The molecular formula is C26H29N5O2. The Bertz CT molecular complexity index is 1310. The van der Waals surface area contributed by atoms with Crippen LogP contribution in [0, 0.1) is 13.8 Å². The standard InChI is InChI=1S/C26H29N5O2/c1-18-10-11-24(19(2)15-18)33-17-31-14-12-22(28-31)26(32)30-13-6-7-20(16-30)25-27-21-8-4-5-9-23(21)29(25)3/h4-5,8-12,14-15,20H,6-7,13,16-17H2,1-3H3. The molecule has 33 heavy (non-hydrogen) atoms. The van der Waals surface area contributed by atoms with Crippen molar-refractivity contribution in [3.05, 3.63) is 77.4 Å². The third-order valence-corrected chi connectivity index (χ3v) is 6.44. The van der Waals surface area contributed by atoms with E-state index in [2.05, 4.69) is 35.8 Å². The fourth-order valence-corrected chi connectivity index (χ4v) is 4.71. The summed E-state index contributed by atoms with van der Waals surface area (Å²) >= 11 is 0. The van der Waals surface area contributed by atoms with E-state index in [1.807, 2.05) is 42.2 Å². The van der Waals surface area contributed by atoms with Crippen molar-refractivity contribution in [1.29, 1.82) is 0 Å². The summed E-state index contributed by atoms with van der Waals surface area (Å²) in [4.78, 5) is 20.0. The molecule has 4 aromatic rings. The van der Waals surface area contributed by atoms with Gasteiger partial charge in [0.15, 0.2) is 12.4 Å². The summed E-state index contributed by atoms with van der Waals surface area (Å²) in [5.41, 5.74) is 4.86. The molecule has 0 saturated carbocycles. The van der Waals surface area contributed by atoms with Gasteiger partial charge in [-0.05, 0) is 56.5 Å². The maximum absolute atomic E-state index is 13.2. The van der Waals surface area contributed by atoms with Crippen molar-refractivity contribution in [3.63, 3.8) is 0 Å². The first-order chi connectivity index (χ1) is 16.0. The molecular weight excluding hydrogens is 414 g/mol. The van der Waals surface area contributed by atoms with Gasteiger partial charge in [0.1, 0.15) is 11.6 Å². The van der Waals surface area contributed by atoms with E-state index in [0.29, 0.717) is 12.2 Å². The van der Waals surface area contributed by atoms with Crippen LogP contribution < -0.4 is 4.74 Å². The number of ether oxygens (including phenoxy) is 1. The normalized spacial score (nSPS) is 16.3. The smallest absolute Gasteiger partial charge is 0.274 e. The Morgan fingerprint density at radius 3 is 2.82 bits per heavy atom. The number of amides is 1. The summed E-state index contributed by atoms with van der Waals surface area (Å²) in [6.07, 6.45) is 3.78. The Morgan fingerprint density at radius 1 is 1.15 bits per heavy atom. The quantitative estimate of drug-likeness (QED) is 0.457. The van der Waals surface area contributed by atoms with E-state index in [1.54, 1.807) is 16.9 Å². The molecule has 2 aromatic heterocycles. The second kappa shape index (κ2) is 8.73. The summed E-state index contributed by atoms with van der Waals surface area (Å²) in [7, 11) is 2.06. The Labute approximate surface area is 193 Å². The lowest BCUT2D eigenvalue weighted by Crippen LogP contribution is -2.40. The number of carbonyl (C=O) groups excluding carboxylic acids is 1. The number of nitrogens with zero attached hydrogens (tertiary/aromatic N) is 5. The number of benzene rings is 2. The predicted octanol–water partition coefficient (Wildman–Crippen LogP) is 4.44. The highest BCUT2D eigenvalue weighted by atomic mass is 16.5. The van der Waals surface area contributed by atoms with Crippen molar-refractivity contribution in [1.82, 2.24) is 24.2 Å². The van der Waals surface area contributed by atoms with Crippen LogP contribution in [0.1, 0.15) is 46.2 Å². The van der Waals surface area contributed by atoms with E-state index in [-0.39, 0.29) is 18.6 Å². The molecule has 7 heteroatoms. The molecule has 0 bridgehead atoms. The van der Waals surface area contributed by atoms with Crippen LogP contribution in [-0.4, -0.2) is 43.2 Å². The number of aromatic nitrogens is 4. The Balaban J connectivity index is 1.26. The van der Waals surface area contributed by atoms with Gasteiger partial charge in [-0.3, -0.25) is 4.79 Å². The van der Waals surface area contributed by atoms with Crippen LogP contribution in [0.3, 0.4) is 0 Å². The maximum Gasteiger partial charge on any atom is 0.274 e. The average Bonchev–Trinajstić information content (AvgIpc) is 3.43. The molecule has 1 atom stereocenters. The van der Waals surface area contributed by atoms with Crippen molar-refractivity contribution in [2.24, 2.45) is 7.05 Å². The minimum atomic E-state index is -0.0382. The minimum Gasteiger partial charge on any atom is -0.471 e. The first kappa shape index (κ1) is 21.2. The van der Waals surface area contributed by atoms with E-state index in [4.69, 9.17) is 9.72 Å². The van der Waals surface area contributed by atoms with Crippen molar-refractivity contribution < 1.29 is 9.53 Å². The van der Waals surface area contributed by atoms with Gasteiger partial charge >= 0.3 is 0 Å². The topological polar surface area (TPSA) is 65.2 Å². The second-order valence-corrected chi connectivity index (χ2v) is 8.89. The van der Waals surface area contributed by atoms with Crippen LogP contribution in [0.4, 0.5) is 0 Å². The van der Waals surface area contributed by atoms with Crippen molar-refractivity contribution in [3.8, 4) is 5.75 Å². The number of likely N-dealkylation sites (tertiary alicyclic amines) is 1. The van der Waals surface area contributed by atoms with E-state index in [0.717, 1.165) is 47.6 Å². The van der Waals surface area contributed by atoms with Crippen LogP contribution in [0.15, 0.2) is 54.7 Å². The van der Waals surface area contributed by atoms with Crippen LogP contribution in [0.5, 0.6) is 5.75 Å². The molecule has 170 valence electrons. The second-order valence-electron chi connectivity index (χ2n) is 8.89. The van der Waals surface area contributed by atoms with Gasteiger partial charge in [-0.2, -0.15) is 5.10 Å². The van der Waals surface area contributed by atoms with Crippen molar-refractivity contribution in [2.45, 2.75) is 39.3 Å². The Hall–Kier alpha value is -3.61. The SMILES string of the molecule is Cc1ccc(OCn2ccc(C(=O)N3CCCC(c4nc5ccccc5n4C)C3)n2)c(C)c1. The maximum atomic E-state index is 13.2. The van der Waals surface area contributed by atoms with E-state index in [1.165, 1.54) is 5.56 Å². The highest BCUT2D eigenvalue weighted by Gasteiger charge is 2.29. The van der Waals surface area contributed by atoms with Gasteiger partial charge in [0.2, 0.25) is 0 Å². The van der Waals surface area contributed by atoms with Crippen LogP contribution >= 0.6 is 0 Å². The van der Waals surface area contributed by atoms with Crippen LogP contribution in [0.25, 0.3) is 11.0 Å². The molecule has 0 N–H and O–H groups in total. The predicted molar refractivity (Wildman–Crippen MR) is 127 cm³/mol. The van der Waals surface area contributed by atoms with Crippen molar-refractivity contribution >= 4 is 16.9 Å². The highest BCUT2D eigenvalue weighted by Crippen LogP contribution is 2.29. The molecule has 1 unspecified atom stereocenters. The van der Waals surface area contributed by atoms with E-state index in [9.17, 15) is 4.79 Å². The number of rotatable bonds is 5.